The summed E-state index contributed by atoms with van der Waals surface area (Å²) in [6.45, 7) is 2.01. The second kappa shape index (κ2) is 5.78. The summed E-state index contributed by atoms with van der Waals surface area (Å²) >= 11 is 0. The fraction of sp³-hybridized carbons (Fsp3) is 0.538. The van der Waals surface area contributed by atoms with Crippen molar-refractivity contribution >= 4 is 21.4 Å². The van der Waals surface area contributed by atoms with Gasteiger partial charge in [-0.15, -0.1) is 0 Å². The Balaban J connectivity index is 2.06. The van der Waals surface area contributed by atoms with E-state index in [2.05, 4.69) is 15.6 Å². The van der Waals surface area contributed by atoms with Gasteiger partial charge in [-0.25, -0.2) is 8.42 Å². The van der Waals surface area contributed by atoms with E-state index >= 15 is 0 Å². The van der Waals surface area contributed by atoms with Gasteiger partial charge in [0.2, 0.25) is 0 Å². The minimum Gasteiger partial charge on any atom is -0.387 e. The second-order valence-electron chi connectivity index (χ2n) is 4.96. The molecule has 20 heavy (non-hydrogen) atoms. The van der Waals surface area contributed by atoms with Crippen molar-refractivity contribution in [2.75, 3.05) is 24.7 Å². The van der Waals surface area contributed by atoms with Crippen LogP contribution in [0.3, 0.4) is 0 Å². The van der Waals surface area contributed by atoms with Crippen LogP contribution >= 0.6 is 0 Å². The van der Waals surface area contributed by atoms with Crippen LogP contribution in [0.4, 0.5) is 5.69 Å². The van der Waals surface area contributed by atoms with Crippen LogP contribution in [0.2, 0.25) is 0 Å². The van der Waals surface area contributed by atoms with Gasteiger partial charge >= 0.3 is 0 Å². The van der Waals surface area contributed by atoms with E-state index in [4.69, 9.17) is 0 Å². The van der Waals surface area contributed by atoms with Gasteiger partial charge in [-0.3, -0.25) is 9.78 Å². The van der Waals surface area contributed by atoms with Gasteiger partial charge < -0.3 is 10.6 Å². The molecule has 1 aliphatic rings. The van der Waals surface area contributed by atoms with E-state index < -0.39 is 15.1 Å². The summed E-state index contributed by atoms with van der Waals surface area (Å²) in [6.07, 6.45) is 2.80. The molecular weight excluding hydrogens is 278 g/mol. The number of hydrogen-bond acceptors (Lipinski definition) is 5. The summed E-state index contributed by atoms with van der Waals surface area (Å²) in [5.74, 6) is -0.0783. The fourth-order valence-electron chi connectivity index (χ4n) is 2.34. The van der Waals surface area contributed by atoms with Gasteiger partial charge in [0.15, 0.2) is 9.84 Å². The first-order valence-corrected chi connectivity index (χ1v) is 8.30. The number of nitrogens with one attached hydrogen (secondary N) is 2. The first-order valence-electron chi connectivity index (χ1n) is 6.58. The van der Waals surface area contributed by atoms with Crippen molar-refractivity contribution in [3.05, 3.63) is 23.5 Å². The Kier molecular flexibility index (Phi) is 4.27. The minimum absolute atomic E-state index is 0.165. The lowest BCUT2D eigenvalue weighted by atomic mass is 10.2. The van der Waals surface area contributed by atoms with Crippen molar-refractivity contribution in [2.24, 2.45) is 0 Å². The molecule has 110 valence electrons. The van der Waals surface area contributed by atoms with Crippen LogP contribution in [-0.4, -0.2) is 43.9 Å². The highest BCUT2D eigenvalue weighted by Crippen LogP contribution is 2.20. The second-order valence-corrected chi connectivity index (χ2v) is 7.36. The van der Waals surface area contributed by atoms with Crippen molar-refractivity contribution in [1.29, 1.82) is 0 Å². The molecule has 1 aromatic heterocycles. The highest BCUT2D eigenvalue weighted by Gasteiger charge is 2.31. The Bertz CT molecular complexity index is 613. The predicted molar refractivity (Wildman–Crippen MR) is 77.7 cm³/mol. The lowest BCUT2D eigenvalue weighted by molar-refractivity contribution is 0.0954. The Morgan fingerprint density at radius 1 is 1.50 bits per heavy atom. The number of aromatic nitrogens is 1. The molecule has 7 heteroatoms. The quantitative estimate of drug-likeness (QED) is 0.855. The van der Waals surface area contributed by atoms with Crippen molar-refractivity contribution in [3.8, 4) is 0 Å². The first kappa shape index (κ1) is 14.8. The number of amides is 1. The number of aryl methyl sites for hydroxylation is 1. The number of carbonyl (C=O) groups is 1. The fourth-order valence-corrected chi connectivity index (χ4v) is 4.10. The number of nitrogens with zero attached hydrogens (tertiary/aromatic N) is 1. The number of sulfone groups is 1. The van der Waals surface area contributed by atoms with E-state index in [1.165, 1.54) is 6.20 Å². The van der Waals surface area contributed by atoms with Gasteiger partial charge in [-0.1, -0.05) is 0 Å². The molecule has 6 nitrogen and oxygen atoms in total. The molecule has 0 aromatic carbocycles. The van der Waals surface area contributed by atoms with Crippen LogP contribution in [-0.2, 0) is 9.84 Å². The van der Waals surface area contributed by atoms with Crippen molar-refractivity contribution < 1.29 is 13.2 Å². The molecule has 1 unspecified atom stereocenters. The molecule has 0 saturated carbocycles. The third kappa shape index (κ3) is 3.09. The summed E-state index contributed by atoms with van der Waals surface area (Å²) in [5, 5.41) is 5.18. The van der Waals surface area contributed by atoms with Gasteiger partial charge in [0.1, 0.15) is 0 Å². The van der Waals surface area contributed by atoms with E-state index in [1.54, 1.807) is 13.1 Å². The third-order valence-electron chi connectivity index (χ3n) is 3.51. The zero-order chi connectivity index (χ0) is 14.8. The smallest absolute Gasteiger partial charge is 0.254 e. The number of rotatable bonds is 4. The number of hydrogen-bond donors (Lipinski definition) is 2. The maximum atomic E-state index is 12.1. The van der Waals surface area contributed by atoms with Gasteiger partial charge in [-0.05, 0) is 25.8 Å². The maximum Gasteiger partial charge on any atom is 0.254 e. The molecule has 0 radical (unpaired) electrons. The normalized spacial score (nSPS) is 20.6. The summed E-state index contributed by atoms with van der Waals surface area (Å²) < 4.78 is 23.4. The number of carbonyl (C=O) groups excluding carboxylic acids is 1. The molecule has 0 aliphatic carbocycles. The monoisotopic (exact) mass is 297 g/mol. The predicted octanol–water partition coefficient (Wildman–Crippen LogP) is 0.739. The summed E-state index contributed by atoms with van der Waals surface area (Å²) in [7, 11) is -1.30. The van der Waals surface area contributed by atoms with E-state index in [0.717, 1.165) is 5.69 Å². The average molecular weight is 297 g/mol. The molecule has 2 rings (SSSR count). The van der Waals surface area contributed by atoms with Crippen molar-refractivity contribution in [3.63, 3.8) is 0 Å². The molecule has 1 fully saturated rings. The standard InChI is InChI=1S/C13H19N3O3S/c1-9-6-12(14-2)11(8-15-9)13(17)16-7-10-4-3-5-20(10,18)19/h6,8,10H,3-5,7H2,1-2H3,(H,14,15)(H,16,17). The molecule has 1 saturated heterocycles. The Labute approximate surface area is 118 Å². The zero-order valence-electron chi connectivity index (χ0n) is 11.6. The van der Waals surface area contributed by atoms with Crippen LogP contribution in [0.15, 0.2) is 12.3 Å². The topological polar surface area (TPSA) is 88.2 Å². The third-order valence-corrected chi connectivity index (χ3v) is 5.78. The summed E-state index contributed by atoms with van der Waals surface area (Å²) in [6, 6.07) is 1.78. The zero-order valence-corrected chi connectivity index (χ0v) is 12.5. The molecule has 0 bridgehead atoms. The average Bonchev–Trinajstić information content (AvgIpc) is 2.74. The van der Waals surface area contributed by atoms with Gasteiger partial charge in [-0.2, -0.15) is 0 Å². The van der Waals surface area contributed by atoms with Crippen LogP contribution in [0.1, 0.15) is 28.9 Å². The highest BCUT2D eigenvalue weighted by molar-refractivity contribution is 7.92. The maximum absolute atomic E-state index is 12.1. The van der Waals surface area contributed by atoms with E-state index in [9.17, 15) is 13.2 Å². The van der Waals surface area contributed by atoms with Gasteiger partial charge in [0, 0.05) is 25.5 Å². The molecule has 1 aliphatic heterocycles. The summed E-state index contributed by atoms with van der Waals surface area (Å²) in [4.78, 5) is 16.2. The lowest BCUT2D eigenvalue weighted by Gasteiger charge is -2.13. The SMILES string of the molecule is CNc1cc(C)ncc1C(=O)NCC1CCCS1(=O)=O. The van der Waals surface area contributed by atoms with Gasteiger partial charge in [0.25, 0.3) is 5.91 Å². The minimum atomic E-state index is -3.03. The van der Waals surface area contributed by atoms with E-state index in [0.29, 0.717) is 24.1 Å². The summed E-state index contributed by atoms with van der Waals surface area (Å²) in [5.41, 5.74) is 1.92. The molecule has 2 N–H and O–H groups in total. The van der Waals surface area contributed by atoms with Gasteiger partial charge in [0.05, 0.1) is 22.3 Å². The molecule has 0 spiro atoms. The van der Waals surface area contributed by atoms with Crippen molar-refractivity contribution in [2.45, 2.75) is 25.0 Å². The van der Waals surface area contributed by atoms with Crippen LogP contribution in [0.25, 0.3) is 0 Å². The van der Waals surface area contributed by atoms with Crippen LogP contribution < -0.4 is 10.6 Å². The molecular formula is C13H19N3O3S. The number of pyridine rings is 1. The van der Waals surface area contributed by atoms with Crippen LogP contribution in [0, 0.1) is 6.92 Å². The Morgan fingerprint density at radius 3 is 2.85 bits per heavy atom. The largest absolute Gasteiger partial charge is 0.387 e. The number of anilines is 1. The Hall–Kier alpha value is -1.63. The molecule has 1 amide bonds. The Morgan fingerprint density at radius 2 is 2.25 bits per heavy atom. The molecule has 1 atom stereocenters. The highest BCUT2D eigenvalue weighted by atomic mass is 32.2. The van der Waals surface area contributed by atoms with Crippen LogP contribution in [0.5, 0.6) is 0 Å². The lowest BCUT2D eigenvalue weighted by Crippen LogP contribution is -2.35. The first-order chi connectivity index (χ1) is 9.44. The molecule has 2 heterocycles. The molecule has 1 aromatic rings. The van der Waals surface area contributed by atoms with E-state index in [1.807, 2.05) is 6.92 Å². The van der Waals surface area contributed by atoms with Crippen molar-refractivity contribution in [1.82, 2.24) is 10.3 Å². The van der Waals surface area contributed by atoms with E-state index in [-0.39, 0.29) is 18.2 Å².